The van der Waals surface area contributed by atoms with Gasteiger partial charge in [-0.05, 0) is 30.5 Å². The van der Waals surface area contributed by atoms with Crippen LogP contribution < -0.4 is 0 Å². The summed E-state index contributed by atoms with van der Waals surface area (Å²) in [6.07, 6.45) is 1.93. The second kappa shape index (κ2) is 4.00. The van der Waals surface area contributed by atoms with Crippen molar-refractivity contribution in [3.8, 4) is 0 Å². The Bertz CT molecular complexity index is 281. The van der Waals surface area contributed by atoms with Crippen molar-refractivity contribution in [2.45, 2.75) is 19.8 Å². The predicted molar refractivity (Wildman–Crippen MR) is 45.5 cm³/mol. The van der Waals surface area contributed by atoms with Crippen LogP contribution in [0.4, 0.5) is 4.39 Å². The molecule has 0 spiro atoms. The molecule has 0 saturated heterocycles. The van der Waals surface area contributed by atoms with E-state index in [1.807, 2.05) is 6.07 Å². The van der Waals surface area contributed by atoms with Crippen molar-refractivity contribution in [1.82, 2.24) is 0 Å². The lowest BCUT2D eigenvalue weighted by Crippen LogP contribution is -1.89. The molecule has 0 unspecified atom stereocenters. The van der Waals surface area contributed by atoms with Crippen molar-refractivity contribution in [3.63, 3.8) is 0 Å². The van der Waals surface area contributed by atoms with E-state index < -0.39 is 0 Å². The van der Waals surface area contributed by atoms with Gasteiger partial charge in [0.2, 0.25) is 0 Å². The van der Waals surface area contributed by atoms with Crippen LogP contribution in [-0.2, 0) is 11.2 Å². The van der Waals surface area contributed by atoms with Gasteiger partial charge in [-0.2, -0.15) is 0 Å². The standard InChI is InChI=1S/C10H11FO/c1-8-4-5-9(3-2-6-12)7-10(8)11/h4-7H,2-3H2,1H3. The van der Waals surface area contributed by atoms with Gasteiger partial charge in [0, 0.05) is 6.42 Å². The molecule has 1 aromatic rings. The summed E-state index contributed by atoms with van der Waals surface area (Å²) in [5.74, 6) is -0.196. The van der Waals surface area contributed by atoms with Crippen LogP contribution >= 0.6 is 0 Å². The van der Waals surface area contributed by atoms with Gasteiger partial charge in [-0.15, -0.1) is 0 Å². The Kier molecular flexibility index (Phi) is 2.97. The molecule has 0 fully saturated rings. The van der Waals surface area contributed by atoms with Crippen LogP contribution in [0.2, 0.25) is 0 Å². The monoisotopic (exact) mass is 166 g/mol. The fourth-order valence-corrected chi connectivity index (χ4v) is 1.02. The van der Waals surface area contributed by atoms with Gasteiger partial charge >= 0.3 is 0 Å². The SMILES string of the molecule is Cc1ccc(CCC=O)cc1F. The molecule has 0 amide bonds. The molecule has 0 aliphatic carbocycles. The van der Waals surface area contributed by atoms with Crippen molar-refractivity contribution >= 4 is 6.29 Å². The summed E-state index contributed by atoms with van der Waals surface area (Å²) in [5, 5.41) is 0. The maximum absolute atomic E-state index is 12.9. The molecule has 0 aromatic heterocycles. The molecule has 0 aliphatic heterocycles. The first-order valence-corrected chi connectivity index (χ1v) is 3.92. The number of benzene rings is 1. The lowest BCUT2D eigenvalue weighted by Gasteiger charge is -1.99. The molecule has 1 rings (SSSR count). The molecule has 0 aliphatic rings. The van der Waals surface area contributed by atoms with Crippen LogP contribution in [-0.4, -0.2) is 6.29 Å². The third-order valence-corrected chi connectivity index (χ3v) is 1.79. The van der Waals surface area contributed by atoms with E-state index >= 15 is 0 Å². The lowest BCUT2D eigenvalue weighted by atomic mass is 10.1. The van der Waals surface area contributed by atoms with Crippen LogP contribution in [0.5, 0.6) is 0 Å². The van der Waals surface area contributed by atoms with Gasteiger partial charge < -0.3 is 4.79 Å². The maximum Gasteiger partial charge on any atom is 0.126 e. The number of halogens is 1. The number of aldehydes is 1. The Morgan fingerprint density at radius 1 is 1.50 bits per heavy atom. The van der Waals surface area contributed by atoms with Crippen molar-refractivity contribution in [3.05, 3.63) is 35.1 Å². The largest absolute Gasteiger partial charge is 0.303 e. The highest BCUT2D eigenvalue weighted by Crippen LogP contribution is 2.10. The Labute approximate surface area is 71.2 Å². The number of hydrogen-bond acceptors (Lipinski definition) is 1. The third-order valence-electron chi connectivity index (χ3n) is 1.79. The number of aryl methyl sites for hydroxylation is 2. The molecule has 1 nitrogen and oxygen atoms in total. The van der Waals surface area contributed by atoms with Crippen molar-refractivity contribution in [2.24, 2.45) is 0 Å². The van der Waals surface area contributed by atoms with Gasteiger partial charge in [-0.25, -0.2) is 4.39 Å². The normalized spacial score (nSPS) is 9.83. The predicted octanol–water partition coefficient (Wildman–Crippen LogP) is 2.27. The van der Waals surface area contributed by atoms with Gasteiger partial charge in [0.05, 0.1) is 0 Å². The fraction of sp³-hybridized carbons (Fsp3) is 0.300. The van der Waals surface area contributed by atoms with Crippen LogP contribution in [0.25, 0.3) is 0 Å². The number of hydrogen-bond donors (Lipinski definition) is 0. The van der Waals surface area contributed by atoms with Gasteiger partial charge in [0.1, 0.15) is 12.1 Å². The minimum absolute atomic E-state index is 0.196. The summed E-state index contributed by atoms with van der Waals surface area (Å²) in [6.45, 7) is 1.72. The van der Waals surface area contributed by atoms with Gasteiger partial charge in [-0.1, -0.05) is 12.1 Å². The number of rotatable bonds is 3. The number of carbonyl (C=O) groups is 1. The molecule has 0 bridgehead atoms. The van der Waals surface area contributed by atoms with E-state index in [4.69, 9.17) is 0 Å². The summed E-state index contributed by atoms with van der Waals surface area (Å²) in [7, 11) is 0. The Hall–Kier alpha value is -1.18. The van der Waals surface area contributed by atoms with Gasteiger partial charge in [-0.3, -0.25) is 0 Å². The fourth-order valence-electron chi connectivity index (χ4n) is 1.02. The minimum Gasteiger partial charge on any atom is -0.303 e. The highest BCUT2D eigenvalue weighted by Gasteiger charge is 1.98. The van der Waals surface area contributed by atoms with E-state index in [9.17, 15) is 9.18 Å². The zero-order valence-electron chi connectivity index (χ0n) is 7.01. The summed E-state index contributed by atoms with van der Waals surface area (Å²) in [4.78, 5) is 10.0. The highest BCUT2D eigenvalue weighted by atomic mass is 19.1. The first-order valence-electron chi connectivity index (χ1n) is 3.92. The minimum atomic E-state index is -0.196. The van der Waals surface area contributed by atoms with E-state index in [0.29, 0.717) is 18.4 Å². The number of carbonyl (C=O) groups excluding carboxylic acids is 1. The molecule has 1 aromatic carbocycles. The van der Waals surface area contributed by atoms with E-state index in [0.717, 1.165) is 11.8 Å². The first-order chi connectivity index (χ1) is 5.74. The molecule has 0 saturated carbocycles. The highest BCUT2D eigenvalue weighted by molar-refractivity contribution is 5.50. The topological polar surface area (TPSA) is 17.1 Å². The average Bonchev–Trinajstić information content (AvgIpc) is 2.07. The molecule has 0 radical (unpaired) electrons. The van der Waals surface area contributed by atoms with Crippen LogP contribution in [0.1, 0.15) is 17.5 Å². The zero-order chi connectivity index (χ0) is 8.97. The first kappa shape index (κ1) is 8.91. The van der Waals surface area contributed by atoms with Crippen molar-refractivity contribution < 1.29 is 9.18 Å². The Morgan fingerprint density at radius 3 is 2.83 bits per heavy atom. The molecule has 64 valence electrons. The lowest BCUT2D eigenvalue weighted by molar-refractivity contribution is -0.107. The van der Waals surface area contributed by atoms with Crippen LogP contribution in [0.15, 0.2) is 18.2 Å². The van der Waals surface area contributed by atoms with E-state index in [1.54, 1.807) is 13.0 Å². The van der Waals surface area contributed by atoms with Crippen molar-refractivity contribution in [2.75, 3.05) is 0 Å². The van der Waals surface area contributed by atoms with Crippen LogP contribution in [0, 0.1) is 12.7 Å². The summed E-state index contributed by atoms with van der Waals surface area (Å²) in [5.41, 5.74) is 1.52. The average molecular weight is 166 g/mol. The van der Waals surface area contributed by atoms with Gasteiger partial charge in [0.15, 0.2) is 0 Å². The quantitative estimate of drug-likeness (QED) is 0.629. The Morgan fingerprint density at radius 2 is 2.25 bits per heavy atom. The third kappa shape index (κ3) is 2.16. The maximum atomic E-state index is 12.9. The van der Waals surface area contributed by atoms with Gasteiger partial charge in [0.25, 0.3) is 0 Å². The zero-order valence-corrected chi connectivity index (χ0v) is 7.01. The molecule has 0 atom stereocenters. The van der Waals surface area contributed by atoms with E-state index in [1.165, 1.54) is 6.07 Å². The van der Waals surface area contributed by atoms with E-state index in [2.05, 4.69) is 0 Å². The summed E-state index contributed by atoms with van der Waals surface area (Å²) in [6, 6.07) is 5.07. The van der Waals surface area contributed by atoms with E-state index in [-0.39, 0.29) is 5.82 Å². The molecule has 12 heavy (non-hydrogen) atoms. The smallest absolute Gasteiger partial charge is 0.126 e. The molecular weight excluding hydrogens is 155 g/mol. The second-order valence-corrected chi connectivity index (χ2v) is 2.79. The summed E-state index contributed by atoms with van der Waals surface area (Å²) >= 11 is 0. The van der Waals surface area contributed by atoms with Crippen molar-refractivity contribution in [1.29, 1.82) is 0 Å². The second-order valence-electron chi connectivity index (χ2n) is 2.79. The molecule has 0 heterocycles. The Balaban J connectivity index is 2.75. The molecule has 0 N–H and O–H groups in total. The van der Waals surface area contributed by atoms with Crippen LogP contribution in [0.3, 0.4) is 0 Å². The molecular formula is C10H11FO. The summed E-state index contributed by atoms with van der Waals surface area (Å²) < 4.78 is 12.9. The molecule has 2 heteroatoms.